The van der Waals surface area contributed by atoms with Crippen molar-refractivity contribution in [3.8, 4) is 0 Å². The zero-order valence-electron chi connectivity index (χ0n) is 13.8. The molecule has 1 atom stereocenters. The summed E-state index contributed by atoms with van der Waals surface area (Å²) in [5.41, 5.74) is 2.00. The summed E-state index contributed by atoms with van der Waals surface area (Å²) in [6.07, 6.45) is 1.62. The van der Waals surface area contributed by atoms with Crippen LogP contribution in [0.5, 0.6) is 0 Å². The molecule has 0 radical (unpaired) electrons. The Labute approximate surface area is 147 Å². The van der Waals surface area contributed by atoms with E-state index in [2.05, 4.69) is 27.8 Å². The lowest BCUT2D eigenvalue weighted by atomic mass is 10.2. The second kappa shape index (κ2) is 6.03. The van der Waals surface area contributed by atoms with Gasteiger partial charge in [-0.15, -0.1) is 0 Å². The molecule has 2 aliphatic heterocycles. The van der Waals surface area contributed by atoms with Crippen molar-refractivity contribution in [2.75, 3.05) is 32.1 Å². The lowest BCUT2D eigenvalue weighted by molar-refractivity contribution is 0.465. The van der Waals surface area contributed by atoms with Gasteiger partial charge in [0.05, 0.1) is 17.3 Å². The normalized spacial score (nSPS) is 23.5. The molecule has 24 heavy (non-hydrogen) atoms. The van der Waals surface area contributed by atoms with E-state index in [1.165, 1.54) is 12.8 Å². The smallest absolute Gasteiger partial charge is 0.262 e. The summed E-state index contributed by atoms with van der Waals surface area (Å²) in [6.45, 7) is 1.97. The summed E-state index contributed by atoms with van der Waals surface area (Å²) < 4.78 is 14.2. The van der Waals surface area contributed by atoms with Crippen molar-refractivity contribution in [3.05, 3.63) is 42.4 Å². The first-order chi connectivity index (χ1) is 11.6. The molecule has 0 saturated carbocycles. The lowest BCUT2D eigenvalue weighted by Crippen LogP contribution is -2.29. The average Bonchev–Trinajstić information content (AvgIpc) is 3.27. The maximum Gasteiger partial charge on any atom is 0.262 e. The van der Waals surface area contributed by atoms with E-state index in [1.807, 2.05) is 26.2 Å². The monoisotopic (exact) mass is 361 g/mol. The number of anilines is 1. The van der Waals surface area contributed by atoms with Crippen LogP contribution < -0.4 is 10.2 Å². The summed E-state index contributed by atoms with van der Waals surface area (Å²) in [5.74, 6) is 1.13. The Balaban J connectivity index is 1.87. The van der Waals surface area contributed by atoms with Crippen LogP contribution in [0, 0.1) is 0 Å². The first kappa shape index (κ1) is 15.9. The quantitative estimate of drug-likeness (QED) is 0.783. The molecule has 1 saturated heterocycles. The molecule has 0 amide bonds. The molecule has 1 fully saturated rings. The summed E-state index contributed by atoms with van der Waals surface area (Å²) >= 11 is 6.11. The molecule has 0 N–H and O–H groups in total. The van der Waals surface area contributed by atoms with Crippen LogP contribution >= 0.6 is 6.42 Å². The van der Waals surface area contributed by atoms with Gasteiger partial charge in [-0.3, -0.25) is 0 Å². The summed E-state index contributed by atoms with van der Waals surface area (Å²) in [5, 5.41) is 1.04. The van der Waals surface area contributed by atoms with Crippen molar-refractivity contribution in [2.45, 2.75) is 12.8 Å². The lowest BCUT2D eigenvalue weighted by Gasteiger charge is -2.35. The second-order valence-electron chi connectivity index (χ2n) is 6.23. The fraction of sp³-hybridized carbons (Fsp3) is 0.353. The van der Waals surface area contributed by atoms with Gasteiger partial charge < -0.3 is 13.8 Å². The molecule has 0 spiro atoms. The Hall–Kier alpha value is -1.62. The molecule has 0 bridgehead atoms. The number of fused-ring (bicyclic) bond motifs is 1. The Morgan fingerprint density at radius 2 is 2.00 bits per heavy atom. The zero-order valence-corrected chi connectivity index (χ0v) is 15.5. The van der Waals surface area contributed by atoms with Gasteiger partial charge in [0, 0.05) is 32.9 Å². The third-order valence-corrected chi connectivity index (χ3v) is 8.46. The Morgan fingerprint density at radius 1 is 1.21 bits per heavy atom. The number of hydrogen-bond donors (Lipinski definition) is 0. The molecule has 1 aromatic heterocycles. The van der Waals surface area contributed by atoms with Crippen molar-refractivity contribution in [1.82, 2.24) is 4.67 Å². The predicted molar refractivity (Wildman–Crippen MR) is 101 cm³/mol. The average molecular weight is 361 g/mol. The molecule has 0 aliphatic carbocycles. The summed E-state index contributed by atoms with van der Waals surface area (Å²) in [6, 6.07) is 9.96. The molecule has 7 heteroatoms. The second-order valence-corrected chi connectivity index (χ2v) is 9.99. The van der Waals surface area contributed by atoms with Gasteiger partial charge >= 0.3 is 0 Å². The SMILES string of the molecule is CN(C)c1ccc2c(c1)N=C(c1ccco1)O[P@]2(=S)N1CCCC1. The Morgan fingerprint density at radius 3 is 2.67 bits per heavy atom. The highest BCUT2D eigenvalue weighted by Gasteiger charge is 2.39. The van der Waals surface area contributed by atoms with Crippen LogP contribution in [0.25, 0.3) is 0 Å². The first-order valence-electron chi connectivity index (χ1n) is 8.07. The maximum atomic E-state index is 6.32. The van der Waals surface area contributed by atoms with Crippen LogP contribution in [0.2, 0.25) is 0 Å². The van der Waals surface area contributed by atoms with Crippen molar-refractivity contribution < 1.29 is 8.94 Å². The van der Waals surface area contributed by atoms with E-state index in [4.69, 9.17) is 25.7 Å². The van der Waals surface area contributed by atoms with E-state index in [0.29, 0.717) is 11.7 Å². The number of furan rings is 1. The van der Waals surface area contributed by atoms with Gasteiger partial charge in [0.15, 0.2) is 5.76 Å². The fourth-order valence-electron chi connectivity index (χ4n) is 3.09. The van der Waals surface area contributed by atoms with Crippen molar-refractivity contribution in [2.24, 2.45) is 4.99 Å². The van der Waals surface area contributed by atoms with E-state index < -0.39 is 6.42 Å². The third kappa shape index (κ3) is 2.59. The fourth-order valence-corrected chi connectivity index (χ4v) is 6.61. The van der Waals surface area contributed by atoms with Gasteiger partial charge in [0.25, 0.3) is 5.90 Å². The van der Waals surface area contributed by atoms with E-state index in [0.717, 1.165) is 29.8 Å². The highest BCUT2D eigenvalue weighted by molar-refractivity contribution is 8.15. The minimum Gasteiger partial charge on any atom is -0.459 e. The zero-order chi connectivity index (χ0) is 16.7. The van der Waals surface area contributed by atoms with E-state index in [-0.39, 0.29) is 0 Å². The van der Waals surface area contributed by atoms with Crippen LogP contribution in [0.15, 0.2) is 46.0 Å². The van der Waals surface area contributed by atoms with Crippen molar-refractivity contribution in [3.63, 3.8) is 0 Å². The summed E-state index contributed by atoms with van der Waals surface area (Å²) in [7, 11) is 4.05. The standard InChI is InChI=1S/C17H20N3O2PS/c1-19(2)13-7-8-16-14(12-13)18-17(15-6-5-11-21-15)22-23(16,24)20-9-3-4-10-20/h5-8,11-12H,3-4,9-10H2,1-2H3/t23-/m1/s1. The molecule has 3 heterocycles. The third-order valence-electron chi connectivity index (χ3n) is 4.40. The van der Waals surface area contributed by atoms with Crippen molar-refractivity contribution >= 4 is 40.8 Å². The highest BCUT2D eigenvalue weighted by Crippen LogP contribution is 2.56. The van der Waals surface area contributed by atoms with Crippen molar-refractivity contribution in [1.29, 1.82) is 0 Å². The molecule has 126 valence electrons. The van der Waals surface area contributed by atoms with Gasteiger partial charge in [0.1, 0.15) is 0 Å². The molecule has 4 rings (SSSR count). The van der Waals surface area contributed by atoms with Crippen LogP contribution in [-0.4, -0.2) is 37.8 Å². The molecule has 2 aliphatic rings. The Bertz CT molecular complexity index is 826. The van der Waals surface area contributed by atoms with Crippen LogP contribution in [0.3, 0.4) is 0 Å². The number of nitrogens with zero attached hydrogens (tertiary/aromatic N) is 3. The maximum absolute atomic E-state index is 6.32. The molecule has 1 aromatic carbocycles. The molecular weight excluding hydrogens is 341 g/mol. The van der Waals surface area contributed by atoms with Gasteiger partial charge in [-0.1, -0.05) is 0 Å². The highest BCUT2D eigenvalue weighted by atomic mass is 32.4. The molecular formula is C17H20N3O2PS. The van der Waals surface area contributed by atoms with Crippen LogP contribution in [0.1, 0.15) is 18.6 Å². The number of hydrogen-bond acceptors (Lipinski definition) is 5. The van der Waals surface area contributed by atoms with E-state index in [9.17, 15) is 0 Å². The van der Waals surface area contributed by atoms with Gasteiger partial charge in [0.2, 0.25) is 6.42 Å². The number of benzene rings is 1. The number of rotatable bonds is 3. The molecule has 5 nitrogen and oxygen atoms in total. The predicted octanol–water partition coefficient (Wildman–Crippen LogP) is 3.48. The van der Waals surface area contributed by atoms with E-state index in [1.54, 1.807) is 6.26 Å². The topological polar surface area (TPSA) is 41.2 Å². The van der Waals surface area contributed by atoms with Gasteiger partial charge in [-0.2, -0.15) is 0 Å². The van der Waals surface area contributed by atoms with Gasteiger partial charge in [-0.05, 0) is 55.0 Å². The van der Waals surface area contributed by atoms with E-state index >= 15 is 0 Å². The van der Waals surface area contributed by atoms with Crippen LogP contribution in [-0.2, 0) is 16.3 Å². The molecule has 2 aromatic rings. The molecule has 0 unspecified atom stereocenters. The number of aliphatic imine (C=N–C) groups is 1. The minimum absolute atomic E-state index is 0.499. The largest absolute Gasteiger partial charge is 0.459 e. The first-order valence-corrected chi connectivity index (χ1v) is 10.7. The van der Waals surface area contributed by atoms with Crippen LogP contribution in [0.4, 0.5) is 11.4 Å². The minimum atomic E-state index is -2.34. The van der Waals surface area contributed by atoms with Gasteiger partial charge in [-0.25, -0.2) is 9.66 Å². The summed E-state index contributed by atoms with van der Waals surface area (Å²) in [4.78, 5) is 6.77. The Kier molecular flexibility index (Phi) is 3.99.